The number of aryl methyl sites for hydroxylation is 1. The highest BCUT2D eigenvalue weighted by molar-refractivity contribution is 5.88. The van der Waals surface area contributed by atoms with Crippen LogP contribution in [0.25, 0.3) is 0 Å². The lowest BCUT2D eigenvalue weighted by molar-refractivity contribution is -0.114. The zero-order valence-electron chi connectivity index (χ0n) is 7.12. The first-order valence-corrected chi connectivity index (χ1v) is 3.49. The summed E-state index contributed by atoms with van der Waals surface area (Å²) in [6.45, 7) is 2.76. The number of carboxylic acids is 1. The van der Waals surface area contributed by atoms with Crippen molar-refractivity contribution in [3.8, 4) is 0 Å². The molecule has 0 bridgehead atoms. The van der Waals surface area contributed by atoms with E-state index in [2.05, 4.69) is 10.3 Å². The van der Waals surface area contributed by atoms with Gasteiger partial charge in [-0.15, -0.1) is 0 Å². The summed E-state index contributed by atoms with van der Waals surface area (Å²) in [6, 6.07) is -0.0950. The van der Waals surface area contributed by atoms with Gasteiger partial charge in [0.2, 0.25) is 11.7 Å². The zero-order valence-corrected chi connectivity index (χ0v) is 7.12. The molecule has 1 rings (SSSR count). The van der Waals surface area contributed by atoms with Crippen LogP contribution in [0, 0.1) is 6.92 Å². The zero-order chi connectivity index (χ0) is 10.0. The number of carbonyl (C=O) groups is 2. The third-order valence-corrected chi connectivity index (χ3v) is 1.27. The van der Waals surface area contributed by atoms with Crippen molar-refractivity contribution in [2.75, 3.05) is 5.32 Å². The van der Waals surface area contributed by atoms with E-state index in [0.29, 0.717) is 0 Å². The van der Waals surface area contributed by atoms with E-state index in [1.165, 1.54) is 13.8 Å². The Balaban J connectivity index is 2.95. The molecule has 0 aromatic carbocycles. The number of hydrogen-bond acceptors (Lipinski definition) is 4. The number of anilines is 1. The standard InChI is InChI=1S/C7H8N2O4/c1-3-5(6(11)12)13-7(8-3)9-4(2)10/h1-2H3,(H,11,12)(H,8,9,10). The van der Waals surface area contributed by atoms with Gasteiger partial charge in [0, 0.05) is 6.92 Å². The minimum atomic E-state index is -1.21. The van der Waals surface area contributed by atoms with Gasteiger partial charge in [-0.1, -0.05) is 0 Å². The largest absolute Gasteiger partial charge is 0.475 e. The van der Waals surface area contributed by atoms with Crippen molar-refractivity contribution in [2.45, 2.75) is 13.8 Å². The van der Waals surface area contributed by atoms with Crippen molar-refractivity contribution >= 4 is 17.9 Å². The molecule has 0 spiro atoms. The molecule has 1 heterocycles. The van der Waals surface area contributed by atoms with Crippen molar-refractivity contribution in [3.63, 3.8) is 0 Å². The van der Waals surface area contributed by atoms with E-state index in [1.54, 1.807) is 0 Å². The summed E-state index contributed by atoms with van der Waals surface area (Å²) < 4.78 is 4.74. The predicted octanol–water partition coefficient (Wildman–Crippen LogP) is 0.640. The second kappa shape index (κ2) is 3.26. The molecular formula is C7H8N2O4. The van der Waals surface area contributed by atoms with E-state index in [0.717, 1.165) is 0 Å². The van der Waals surface area contributed by atoms with Gasteiger partial charge < -0.3 is 9.52 Å². The predicted molar refractivity (Wildman–Crippen MR) is 42.5 cm³/mol. The van der Waals surface area contributed by atoms with Gasteiger partial charge in [0.1, 0.15) is 0 Å². The van der Waals surface area contributed by atoms with Crippen molar-refractivity contribution in [1.29, 1.82) is 0 Å². The van der Waals surface area contributed by atoms with Crippen molar-refractivity contribution in [1.82, 2.24) is 4.98 Å². The second-order valence-electron chi connectivity index (χ2n) is 2.42. The van der Waals surface area contributed by atoms with Gasteiger partial charge in [-0.3, -0.25) is 10.1 Å². The summed E-state index contributed by atoms with van der Waals surface area (Å²) in [4.78, 5) is 24.7. The van der Waals surface area contributed by atoms with Gasteiger partial charge in [-0.05, 0) is 6.92 Å². The van der Waals surface area contributed by atoms with Crippen molar-refractivity contribution in [3.05, 3.63) is 11.5 Å². The number of oxazole rings is 1. The molecule has 0 saturated carbocycles. The molecule has 0 atom stereocenters. The number of carbonyl (C=O) groups excluding carboxylic acids is 1. The van der Waals surface area contributed by atoms with Gasteiger partial charge in [-0.2, -0.15) is 4.98 Å². The third-order valence-electron chi connectivity index (χ3n) is 1.27. The summed E-state index contributed by atoms with van der Waals surface area (Å²) in [6.07, 6.45) is 0. The highest BCUT2D eigenvalue weighted by Crippen LogP contribution is 2.13. The van der Waals surface area contributed by atoms with Gasteiger partial charge in [-0.25, -0.2) is 4.79 Å². The van der Waals surface area contributed by atoms with Crippen molar-refractivity contribution in [2.24, 2.45) is 0 Å². The maximum Gasteiger partial charge on any atom is 0.373 e. The molecular weight excluding hydrogens is 176 g/mol. The number of amides is 1. The normalized spacial score (nSPS) is 9.69. The van der Waals surface area contributed by atoms with E-state index < -0.39 is 5.97 Å². The van der Waals surface area contributed by atoms with E-state index in [-0.39, 0.29) is 23.4 Å². The first-order valence-electron chi connectivity index (χ1n) is 3.49. The summed E-state index contributed by atoms with van der Waals surface area (Å²) in [5.74, 6) is -1.83. The van der Waals surface area contributed by atoms with Crippen LogP contribution in [0.4, 0.5) is 6.01 Å². The molecule has 6 nitrogen and oxygen atoms in total. The number of carboxylic acid groups (broad SMARTS) is 1. The van der Waals surface area contributed by atoms with Crippen LogP contribution in [0.15, 0.2) is 4.42 Å². The molecule has 1 amide bonds. The van der Waals surface area contributed by atoms with Crippen LogP contribution >= 0.6 is 0 Å². The quantitative estimate of drug-likeness (QED) is 0.703. The van der Waals surface area contributed by atoms with Crippen LogP contribution in [0.5, 0.6) is 0 Å². The number of nitrogens with one attached hydrogen (secondary N) is 1. The lowest BCUT2D eigenvalue weighted by Crippen LogP contribution is -2.05. The van der Waals surface area contributed by atoms with Crippen LogP contribution < -0.4 is 5.32 Å². The molecule has 0 fully saturated rings. The van der Waals surface area contributed by atoms with Gasteiger partial charge in [0.25, 0.3) is 0 Å². The van der Waals surface area contributed by atoms with E-state index in [9.17, 15) is 9.59 Å². The summed E-state index contributed by atoms with van der Waals surface area (Å²) in [7, 11) is 0. The fourth-order valence-electron chi connectivity index (χ4n) is 0.799. The van der Waals surface area contributed by atoms with E-state index in [4.69, 9.17) is 9.52 Å². The maximum atomic E-state index is 10.5. The average Bonchev–Trinajstić information content (AvgIpc) is 2.29. The third kappa shape index (κ3) is 2.05. The Morgan fingerprint density at radius 1 is 1.54 bits per heavy atom. The molecule has 6 heteroatoms. The molecule has 1 aromatic heterocycles. The SMILES string of the molecule is CC(=O)Nc1nc(C)c(C(=O)O)o1. The number of rotatable bonds is 2. The Morgan fingerprint density at radius 2 is 2.15 bits per heavy atom. The van der Waals surface area contributed by atoms with E-state index in [1.807, 2.05) is 0 Å². The number of aromatic nitrogens is 1. The Morgan fingerprint density at radius 3 is 2.54 bits per heavy atom. The topological polar surface area (TPSA) is 92.4 Å². The molecule has 0 aliphatic heterocycles. The maximum absolute atomic E-state index is 10.5. The summed E-state index contributed by atoms with van der Waals surface area (Å²) in [5.41, 5.74) is 0.233. The Kier molecular flexibility index (Phi) is 2.32. The minimum absolute atomic E-state index is 0.0950. The fraction of sp³-hybridized carbons (Fsp3) is 0.286. The Bertz CT molecular complexity index is 355. The first-order chi connectivity index (χ1) is 6.00. The monoisotopic (exact) mass is 184 g/mol. The Hall–Kier alpha value is -1.85. The van der Waals surface area contributed by atoms with Crippen LogP contribution in [0.2, 0.25) is 0 Å². The first kappa shape index (κ1) is 9.24. The number of aromatic carboxylic acids is 1. The minimum Gasteiger partial charge on any atom is -0.475 e. The van der Waals surface area contributed by atoms with Crippen LogP contribution in [0.3, 0.4) is 0 Å². The molecule has 0 aliphatic carbocycles. The van der Waals surface area contributed by atoms with Crippen molar-refractivity contribution < 1.29 is 19.1 Å². The molecule has 13 heavy (non-hydrogen) atoms. The van der Waals surface area contributed by atoms with Crippen LogP contribution in [-0.4, -0.2) is 22.0 Å². The number of hydrogen-bond donors (Lipinski definition) is 2. The lowest BCUT2D eigenvalue weighted by atomic mass is 10.4. The summed E-state index contributed by atoms with van der Waals surface area (Å²) in [5, 5.41) is 10.8. The molecule has 0 aliphatic rings. The molecule has 0 saturated heterocycles. The van der Waals surface area contributed by atoms with Gasteiger partial charge >= 0.3 is 12.0 Å². The fourth-order valence-corrected chi connectivity index (χ4v) is 0.799. The summed E-state index contributed by atoms with van der Waals surface area (Å²) >= 11 is 0. The molecule has 1 aromatic rings. The molecule has 2 N–H and O–H groups in total. The van der Waals surface area contributed by atoms with Gasteiger partial charge in [0.05, 0.1) is 5.69 Å². The highest BCUT2D eigenvalue weighted by Gasteiger charge is 2.16. The average molecular weight is 184 g/mol. The Labute approximate surface area is 73.6 Å². The van der Waals surface area contributed by atoms with E-state index >= 15 is 0 Å². The molecule has 0 unspecified atom stereocenters. The molecule has 0 radical (unpaired) electrons. The lowest BCUT2D eigenvalue weighted by Gasteiger charge is -1.91. The van der Waals surface area contributed by atoms with Crippen LogP contribution in [0.1, 0.15) is 23.2 Å². The molecule has 70 valence electrons. The smallest absolute Gasteiger partial charge is 0.373 e. The highest BCUT2D eigenvalue weighted by atomic mass is 16.4. The van der Waals surface area contributed by atoms with Crippen LogP contribution in [-0.2, 0) is 4.79 Å². The van der Waals surface area contributed by atoms with Gasteiger partial charge in [0.15, 0.2) is 0 Å². The second-order valence-corrected chi connectivity index (χ2v) is 2.42. The number of nitrogens with zero attached hydrogens (tertiary/aromatic N) is 1.